The first-order valence-electron chi connectivity index (χ1n) is 16.7. The molecule has 3 fully saturated rings. The van der Waals surface area contributed by atoms with Gasteiger partial charge in [-0.15, -0.1) is 37.2 Å². The van der Waals surface area contributed by atoms with Gasteiger partial charge in [-0.1, -0.05) is 26.2 Å². The van der Waals surface area contributed by atoms with Crippen molar-refractivity contribution in [3.05, 3.63) is 41.2 Å². The van der Waals surface area contributed by atoms with Gasteiger partial charge in [0.05, 0.1) is 16.3 Å². The lowest BCUT2D eigenvalue weighted by Crippen LogP contribution is -2.53. The first-order chi connectivity index (χ1) is 21.6. The van der Waals surface area contributed by atoms with E-state index in [0.29, 0.717) is 31.8 Å². The third-order valence-corrected chi connectivity index (χ3v) is 12.0. The predicted molar refractivity (Wildman–Crippen MR) is 194 cm³/mol. The predicted octanol–water partition coefficient (Wildman–Crippen LogP) is 4.98. The Hall–Kier alpha value is -1.93. The lowest BCUT2D eigenvalue weighted by atomic mass is 9.86. The minimum atomic E-state index is -3.69. The molecule has 0 radical (unpaired) electrons. The van der Waals surface area contributed by atoms with Crippen LogP contribution < -0.4 is 5.32 Å². The van der Waals surface area contributed by atoms with Gasteiger partial charge in [0, 0.05) is 69.5 Å². The van der Waals surface area contributed by atoms with Gasteiger partial charge >= 0.3 is 5.97 Å². The molecule has 0 spiro atoms. The minimum absolute atomic E-state index is 0. The van der Waals surface area contributed by atoms with Gasteiger partial charge in [-0.25, -0.2) is 13.1 Å². The van der Waals surface area contributed by atoms with Crippen molar-refractivity contribution in [3.63, 3.8) is 0 Å². The van der Waals surface area contributed by atoms with Gasteiger partial charge in [-0.2, -0.15) is 9.40 Å². The molecule has 2 aromatic rings. The standard InChI is InChI=1S/C33H50N6O5S.3ClH/c1-4-31(33(41)42)37-18-20-38(21-19-37)45(43,44)29-12-10-28(11-13-29)39-25(3)30(24(2)35-39)23-36-16-14-27(15-17-36)34-32(40)22-26-8-6-5-7-9-26;;;/h10-13,26-27,31H,4-9,14-23H2,1-3H3,(H,34,40)(H,41,42);3*1H. The average Bonchev–Trinajstić information content (AvgIpc) is 3.31. The Morgan fingerprint density at radius 1 is 0.917 bits per heavy atom. The second-order valence-corrected chi connectivity index (χ2v) is 15.0. The van der Waals surface area contributed by atoms with Crippen LogP contribution in [0.3, 0.4) is 0 Å². The van der Waals surface area contributed by atoms with E-state index in [2.05, 4.69) is 17.1 Å². The Morgan fingerprint density at radius 2 is 1.52 bits per heavy atom. The summed E-state index contributed by atoms with van der Waals surface area (Å²) in [7, 11) is -3.69. The van der Waals surface area contributed by atoms with E-state index < -0.39 is 22.0 Å². The average molecular weight is 752 g/mol. The molecule has 0 bridgehead atoms. The molecule has 1 saturated carbocycles. The van der Waals surface area contributed by atoms with Crippen LogP contribution in [0.5, 0.6) is 0 Å². The summed E-state index contributed by atoms with van der Waals surface area (Å²) in [6.45, 7) is 9.86. The number of rotatable bonds is 11. The van der Waals surface area contributed by atoms with Crippen LogP contribution in [0.2, 0.25) is 0 Å². The molecule has 11 nitrogen and oxygen atoms in total. The lowest BCUT2D eigenvalue weighted by molar-refractivity contribution is -0.144. The fourth-order valence-corrected chi connectivity index (χ4v) is 8.73. The number of halogens is 3. The van der Waals surface area contributed by atoms with E-state index in [1.54, 1.807) is 24.3 Å². The second-order valence-electron chi connectivity index (χ2n) is 13.1. The molecular formula is C33H53Cl3N6O5S. The van der Waals surface area contributed by atoms with Gasteiger partial charge in [-0.05, 0) is 76.1 Å². The van der Waals surface area contributed by atoms with E-state index in [-0.39, 0.29) is 67.2 Å². The number of piperazine rings is 1. The third kappa shape index (κ3) is 10.1. The maximum atomic E-state index is 13.4. The minimum Gasteiger partial charge on any atom is -0.480 e. The number of hydrogen-bond donors (Lipinski definition) is 2. The summed E-state index contributed by atoms with van der Waals surface area (Å²) in [5.41, 5.74) is 3.97. The summed E-state index contributed by atoms with van der Waals surface area (Å²) in [5, 5.41) is 17.6. The zero-order chi connectivity index (χ0) is 32.1. The van der Waals surface area contributed by atoms with Crippen LogP contribution in [-0.2, 0) is 26.2 Å². The van der Waals surface area contributed by atoms with Crippen molar-refractivity contribution in [3.8, 4) is 5.69 Å². The molecule has 2 N–H and O–H groups in total. The number of aliphatic carboxylic acids is 1. The van der Waals surface area contributed by atoms with Crippen molar-refractivity contribution in [1.82, 2.24) is 29.2 Å². The highest BCUT2D eigenvalue weighted by atomic mass is 35.5. The van der Waals surface area contributed by atoms with Gasteiger partial charge in [0.1, 0.15) is 6.04 Å². The molecule has 1 aromatic carbocycles. The summed E-state index contributed by atoms with van der Waals surface area (Å²) in [6.07, 6.45) is 9.27. The molecule has 1 amide bonds. The summed E-state index contributed by atoms with van der Waals surface area (Å²) in [6, 6.07) is 6.52. The van der Waals surface area contributed by atoms with Crippen molar-refractivity contribution in [2.45, 2.75) is 102 Å². The Kier molecular flexibility index (Phi) is 16.6. The van der Waals surface area contributed by atoms with Crippen molar-refractivity contribution in [2.75, 3.05) is 39.3 Å². The molecule has 2 saturated heterocycles. The number of benzene rings is 1. The van der Waals surface area contributed by atoms with Crippen molar-refractivity contribution in [2.24, 2.45) is 5.92 Å². The Balaban J connectivity index is 0.00000267. The molecule has 3 heterocycles. The quantitative estimate of drug-likeness (QED) is 0.330. The second kappa shape index (κ2) is 18.9. The summed E-state index contributed by atoms with van der Waals surface area (Å²) < 4.78 is 30.1. The molecule has 3 aliphatic rings. The van der Waals surface area contributed by atoms with E-state index in [0.717, 1.165) is 49.6 Å². The van der Waals surface area contributed by atoms with E-state index in [9.17, 15) is 23.1 Å². The van der Waals surface area contributed by atoms with Gasteiger partial charge in [0.2, 0.25) is 15.9 Å². The molecule has 1 aromatic heterocycles. The fraction of sp³-hybridized carbons (Fsp3) is 0.667. The normalized spacial score (nSPS) is 19.4. The van der Waals surface area contributed by atoms with Gasteiger partial charge in [-0.3, -0.25) is 19.4 Å². The molecule has 5 rings (SSSR count). The number of carbonyl (C=O) groups excluding carboxylic acids is 1. The number of aryl methyl sites for hydroxylation is 1. The summed E-state index contributed by atoms with van der Waals surface area (Å²) >= 11 is 0. The molecular weight excluding hydrogens is 699 g/mol. The smallest absolute Gasteiger partial charge is 0.320 e. The van der Waals surface area contributed by atoms with Gasteiger partial charge in [0.15, 0.2) is 0 Å². The molecule has 272 valence electrons. The molecule has 1 unspecified atom stereocenters. The van der Waals surface area contributed by atoms with E-state index in [4.69, 9.17) is 5.10 Å². The number of carboxylic acids is 1. The van der Waals surface area contributed by atoms with Crippen LogP contribution >= 0.6 is 37.2 Å². The number of carbonyl (C=O) groups is 2. The highest BCUT2D eigenvalue weighted by molar-refractivity contribution is 7.89. The lowest BCUT2D eigenvalue weighted by Gasteiger charge is -2.36. The van der Waals surface area contributed by atoms with Crippen LogP contribution in [0.4, 0.5) is 0 Å². The Bertz CT molecular complexity index is 1440. The van der Waals surface area contributed by atoms with E-state index >= 15 is 0 Å². The number of hydrogen-bond acceptors (Lipinski definition) is 7. The van der Waals surface area contributed by atoms with Crippen LogP contribution in [0.1, 0.15) is 81.7 Å². The number of amides is 1. The number of aromatic nitrogens is 2. The number of piperidine rings is 1. The number of nitrogens with zero attached hydrogens (tertiary/aromatic N) is 5. The van der Waals surface area contributed by atoms with E-state index in [1.165, 1.54) is 42.0 Å². The monoisotopic (exact) mass is 750 g/mol. The van der Waals surface area contributed by atoms with Crippen LogP contribution in [0, 0.1) is 19.8 Å². The van der Waals surface area contributed by atoms with Crippen molar-refractivity contribution in [1.29, 1.82) is 0 Å². The Labute approximate surface area is 304 Å². The van der Waals surface area contributed by atoms with Crippen LogP contribution in [0.25, 0.3) is 5.69 Å². The number of likely N-dealkylation sites (tertiary alicyclic amines) is 1. The van der Waals surface area contributed by atoms with Crippen molar-refractivity contribution >= 4 is 59.1 Å². The van der Waals surface area contributed by atoms with Crippen LogP contribution in [0.15, 0.2) is 29.2 Å². The highest BCUT2D eigenvalue weighted by Gasteiger charge is 2.33. The Morgan fingerprint density at radius 3 is 2.08 bits per heavy atom. The summed E-state index contributed by atoms with van der Waals surface area (Å²) in [5.74, 6) is -0.0919. The molecule has 15 heteroatoms. The number of carboxylic acid groups (broad SMARTS) is 1. The summed E-state index contributed by atoms with van der Waals surface area (Å²) in [4.78, 5) is 28.6. The molecule has 1 aliphatic carbocycles. The largest absolute Gasteiger partial charge is 0.480 e. The first-order valence-corrected chi connectivity index (χ1v) is 18.1. The zero-order valence-corrected chi connectivity index (χ0v) is 31.6. The topological polar surface area (TPSA) is 128 Å². The van der Waals surface area contributed by atoms with Crippen molar-refractivity contribution < 1.29 is 23.1 Å². The third-order valence-electron chi connectivity index (χ3n) is 10.1. The fourth-order valence-electron chi connectivity index (χ4n) is 7.31. The molecule has 48 heavy (non-hydrogen) atoms. The number of nitrogens with one attached hydrogen (secondary N) is 1. The van der Waals surface area contributed by atoms with Gasteiger partial charge < -0.3 is 10.4 Å². The molecule has 1 atom stereocenters. The first kappa shape index (κ1) is 42.2. The SMILES string of the molecule is CCC(C(=O)O)N1CCN(S(=O)(=O)c2ccc(-n3nc(C)c(CN4CCC(NC(=O)CC5CCCCC5)CC4)c3C)cc2)CC1.Cl.Cl.Cl. The molecule has 2 aliphatic heterocycles. The maximum absolute atomic E-state index is 13.4. The maximum Gasteiger partial charge on any atom is 0.320 e. The highest BCUT2D eigenvalue weighted by Crippen LogP contribution is 2.27. The van der Waals surface area contributed by atoms with E-state index in [1.807, 2.05) is 23.4 Å². The van der Waals surface area contributed by atoms with Crippen LogP contribution in [-0.4, -0.2) is 101 Å². The number of sulfonamides is 1. The zero-order valence-electron chi connectivity index (χ0n) is 28.3. The van der Waals surface area contributed by atoms with Gasteiger partial charge in [0.25, 0.3) is 0 Å².